The molecule has 2 amide bonds. The number of hydrogen-bond donors (Lipinski definition) is 2. The molecule has 0 bridgehead atoms. The van der Waals surface area contributed by atoms with Gasteiger partial charge in [0.1, 0.15) is 0 Å². The van der Waals surface area contributed by atoms with E-state index in [1.54, 1.807) is 12.1 Å². The first-order chi connectivity index (χ1) is 7.99. The van der Waals surface area contributed by atoms with Crippen molar-refractivity contribution < 1.29 is 9.59 Å². The van der Waals surface area contributed by atoms with Crippen molar-refractivity contribution in [2.45, 2.75) is 13.3 Å². The highest BCUT2D eigenvalue weighted by molar-refractivity contribution is 6.34. The van der Waals surface area contributed by atoms with Crippen molar-refractivity contribution in [1.29, 1.82) is 0 Å². The molecule has 5 heteroatoms. The summed E-state index contributed by atoms with van der Waals surface area (Å²) in [6.07, 6.45) is 0.919. The third-order valence-electron chi connectivity index (χ3n) is 2.95. The SMILES string of the molecule is C[C@H]1C[C@H]1C(=O)Nc1ccc(Cl)c(C(N)=O)c1. The van der Waals surface area contributed by atoms with E-state index in [0.717, 1.165) is 6.42 Å². The fourth-order valence-electron chi connectivity index (χ4n) is 1.71. The van der Waals surface area contributed by atoms with Gasteiger partial charge in [-0.2, -0.15) is 0 Å². The van der Waals surface area contributed by atoms with Gasteiger partial charge < -0.3 is 11.1 Å². The van der Waals surface area contributed by atoms with Gasteiger partial charge in [-0.3, -0.25) is 9.59 Å². The Morgan fingerprint density at radius 3 is 2.65 bits per heavy atom. The quantitative estimate of drug-likeness (QED) is 0.864. The van der Waals surface area contributed by atoms with E-state index in [9.17, 15) is 9.59 Å². The minimum Gasteiger partial charge on any atom is -0.366 e. The van der Waals surface area contributed by atoms with Crippen molar-refractivity contribution in [2.24, 2.45) is 17.6 Å². The average molecular weight is 253 g/mol. The molecule has 4 nitrogen and oxygen atoms in total. The molecule has 0 aliphatic heterocycles. The molecule has 3 N–H and O–H groups in total. The van der Waals surface area contributed by atoms with Crippen LogP contribution in [0, 0.1) is 11.8 Å². The monoisotopic (exact) mass is 252 g/mol. The first-order valence-electron chi connectivity index (χ1n) is 5.39. The molecular weight excluding hydrogens is 240 g/mol. The first kappa shape index (κ1) is 11.9. The van der Waals surface area contributed by atoms with Gasteiger partial charge >= 0.3 is 0 Å². The highest BCUT2D eigenvalue weighted by Crippen LogP contribution is 2.38. The van der Waals surface area contributed by atoms with E-state index in [1.807, 2.05) is 6.92 Å². The Labute approximate surface area is 104 Å². The summed E-state index contributed by atoms with van der Waals surface area (Å²) < 4.78 is 0. The average Bonchev–Trinajstić information content (AvgIpc) is 2.98. The summed E-state index contributed by atoms with van der Waals surface area (Å²) in [6.45, 7) is 2.03. The molecule has 0 radical (unpaired) electrons. The topological polar surface area (TPSA) is 72.2 Å². The number of carbonyl (C=O) groups excluding carboxylic acids is 2. The molecule has 1 aromatic rings. The fourth-order valence-corrected chi connectivity index (χ4v) is 1.92. The van der Waals surface area contributed by atoms with Gasteiger partial charge in [-0.25, -0.2) is 0 Å². The summed E-state index contributed by atoms with van der Waals surface area (Å²) in [6, 6.07) is 4.70. The lowest BCUT2D eigenvalue weighted by molar-refractivity contribution is -0.117. The molecule has 1 aliphatic rings. The molecular formula is C12H13ClN2O2. The highest BCUT2D eigenvalue weighted by Gasteiger charge is 2.39. The molecule has 2 rings (SSSR count). The van der Waals surface area contributed by atoms with E-state index in [4.69, 9.17) is 17.3 Å². The lowest BCUT2D eigenvalue weighted by Crippen LogP contribution is -2.16. The molecule has 0 aromatic heterocycles. The number of halogens is 1. The van der Waals surface area contributed by atoms with Crippen LogP contribution in [0.3, 0.4) is 0 Å². The Bertz CT molecular complexity index is 487. The Balaban J connectivity index is 2.14. The summed E-state index contributed by atoms with van der Waals surface area (Å²) in [7, 11) is 0. The number of anilines is 1. The second-order valence-corrected chi connectivity index (χ2v) is 4.77. The third-order valence-corrected chi connectivity index (χ3v) is 3.28. The number of nitrogens with two attached hydrogens (primary N) is 1. The molecule has 2 atom stereocenters. The Morgan fingerprint density at radius 2 is 2.12 bits per heavy atom. The van der Waals surface area contributed by atoms with Gasteiger partial charge in [0.05, 0.1) is 10.6 Å². The van der Waals surface area contributed by atoms with Gasteiger partial charge in [-0.1, -0.05) is 18.5 Å². The number of rotatable bonds is 3. The summed E-state index contributed by atoms with van der Waals surface area (Å²) >= 11 is 5.81. The Hall–Kier alpha value is -1.55. The number of amides is 2. The van der Waals surface area contributed by atoms with Gasteiger partial charge in [0, 0.05) is 11.6 Å². The van der Waals surface area contributed by atoms with E-state index >= 15 is 0 Å². The lowest BCUT2D eigenvalue weighted by Gasteiger charge is -2.07. The lowest BCUT2D eigenvalue weighted by atomic mass is 10.2. The first-order valence-corrected chi connectivity index (χ1v) is 5.77. The van der Waals surface area contributed by atoms with E-state index in [2.05, 4.69) is 5.32 Å². The van der Waals surface area contributed by atoms with Crippen LogP contribution in [0.4, 0.5) is 5.69 Å². The molecule has 1 saturated carbocycles. The van der Waals surface area contributed by atoms with Crippen LogP contribution in [0.2, 0.25) is 5.02 Å². The maximum atomic E-state index is 11.7. The highest BCUT2D eigenvalue weighted by atomic mass is 35.5. The van der Waals surface area contributed by atoms with Crippen molar-refractivity contribution in [3.8, 4) is 0 Å². The summed E-state index contributed by atoms with van der Waals surface area (Å²) in [4.78, 5) is 22.8. The van der Waals surface area contributed by atoms with Crippen molar-refractivity contribution >= 4 is 29.1 Å². The minimum atomic E-state index is -0.606. The van der Waals surface area contributed by atoms with Crippen LogP contribution >= 0.6 is 11.6 Å². The van der Waals surface area contributed by atoms with Crippen LogP contribution in [0.5, 0.6) is 0 Å². The van der Waals surface area contributed by atoms with E-state index in [1.165, 1.54) is 6.07 Å². The molecule has 1 aromatic carbocycles. The van der Waals surface area contributed by atoms with Crippen LogP contribution in [-0.4, -0.2) is 11.8 Å². The Morgan fingerprint density at radius 1 is 1.47 bits per heavy atom. The van der Waals surface area contributed by atoms with Crippen LogP contribution in [-0.2, 0) is 4.79 Å². The standard InChI is InChI=1S/C12H13ClN2O2/c1-6-4-8(6)12(17)15-7-2-3-10(13)9(5-7)11(14)16/h2-3,5-6,8H,4H2,1H3,(H2,14,16)(H,15,17)/t6-,8+/m0/s1. The smallest absolute Gasteiger partial charge is 0.250 e. The van der Waals surface area contributed by atoms with E-state index < -0.39 is 5.91 Å². The summed E-state index contributed by atoms with van der Waals surface area (Å²) in [5.41, 5.74) is 5.94. The minimum absolute atomic E-state index is 0.0183. The maximum absolute atomic E-state index is 11.7. The number of hydrogen-bond acceptors (Lipinski definition) is 2. The normalized spacial score (nSPS) is 22.0. The maximum Gasteiger partial charge on any atom is 0.250 e. The zero-order valence-corrected chi connectivity index (χ0v) is 10.1. The van der Waals surface area contributed by atoms with Crippen LogP contribution in [0.1, 0.15) is 23.7 Å². The second-order valence-electron chi connectivity index (χ2n) is 4.37. The van der Waals surface area contributed by atoms with Crippen molar-refractivity contribution in [2.75, 3.05) is 5.32 Å². The number of benzene rings is 1. The van der Waals surface area contributed by atoms with Crippen LogP contribution < -0.4 is 11.1 Å². The van der Waals surface area contributed by atoms with E-state index in [0.29, 0.717) is 11.6 Å². The zero-order valence-electron chi connectivity index (χ0n) is 9.37. The summed E-state index contributed by atoms with van der Waals surface area (Å²) in [5.74, 6) is -0.0956. The number of carbonyl (C=O) groups is 2. The van der Waals surface area contributed by atoms with Gasteiger partial charge in [-0.15, -0.1) is 0 Å². The molecule has 0 unspecified atom stereocenters. The Kier molecular flexibility index (Phi) is 3.07. The molecule has 0 heterocycles. The molecule has 0 saturated heterocycles. The predicted octanol–water partition coefficient (Wildman–Crippen LogP) is 2.03. The van der Waals surface area contributed by atoms with Gasteiger partial charge in [-0.05, 0) is 30.5 Å². The second kappa shape index (κ2) is 4.37. The third kappa shape index (κ3) is 2.58. The van der Waals surface area contributed by atoms with Gasteiger partial charge in [0.2, 0.25) is 11.8 Å². The predicted molar refractivity (Wildman–Crippen MR) is 65.9 cm³/mol. The molecule has 17 heavy (non-hydrogen) atoms. The van der Waals surface area contributed by atoms with Crippen LogP contribution in [0.15, 0.2) is 18.2 Å². The number of primary amides is 1. The van der Waals surface area contributed by atoms with Crippen molar-refractivity contribution in [1.82, 2.24) is 0 Å². The molecule has 1 aliphatic carbocycles. The van der Waals surface area contributed by atoms with Gasteiger partial charge in [0.15, 0.2) is 0 Å². The summed E-state index contributed by atoms with van der Waals surface area (Å²) in [5, 5.41) is 3.04. The molecule has 90 valence electrons. The van der Waals surface area contributed by atoms with Crippen LogP contribution in [0.25, 0.3) is 0 Å². The fraction of sp³-hybridized carbons (Fsp3) is 0.333. The van der Waals surface area contributed by atoms with Crippen molar-refractivity contribution in [3.63, 3.8) is 0 Å². The largest absolute Gasteiger partial charge is 0.366 e. The van der Waals surface area contributed by atoms with Gasteiger partial charge in [0.25, 0.3) is 0 Å². The molecule has 1 fully saturated rings. The van der Waals surface area contributed by atoms with Crippen molar-refractivity contribution in [3.05, 3.63) is 28.8 Å². The van der Waals surface area contributed by atoms with E-state index in [-0.39, 0.29) is 22.4 Å². The molecule has 0 spiro atoms. The number of nitrogens with one attached hydrogen (secondary N) is 1. The zero-order chi connectivity index (χ0) is 12.6.